The summed E-state index contributed by atoms with van der Waals surface area (Å²) in [5.41, 5.74) is 6.40. The van der Waals surface area contributed by atoms with Gasteiger partial charge in [-0.15, -0.1) is 0 Å². The molecule has 0 amide bonds. The van der Waals surface area contributed by atoms with Gasteiger partial charge in [0, 0.05) is 24.2 Å². The Hall–Kier alpha value is -2.44. The van der Waals surface area contributed by atoms with Crippen LogP contribution in [0.3, 0.4) is 0 Å². The van der Waals surface area contributed by atoms with E-state index in [0.717, 1.165) is 0 Å². The van der Waals surface area contributed by atoms with Crippen LogP contribution in [0, 0.1) is 10.1 Å². The van der Waals surface area contributed by atoms with Crippen molar-refractivity contribution in [3.05, 3.63) is 34.1 Å². The lowest BCUT2D eigenvalue weighted by Crippen LogP contribution is -1.94. The highest BCUT2D eigenvalue weighted by atomic mass is 16.6. The predicted octanol–water partition coefficient (Wildman–Crippen LogP) is 1.79. The Kier molecular flexibility index (Phi) is 2.73. The maximum absolute atomic E-state index is 10.7. The summed E-state index contributed by atoms with van der Waals surface area (Å²) in [5, 5.41) is 14.4. The van der Waals surface area contributed by atoms with E-state index in [1.807, 2.05) is 6.92 Å². The number of hydrogen-bond acceptors (Lipinski definition) is 6. The Morgan fingerprint density at radius 3 is 2.88 bits per heavy atom. The Labute approximate surface area is 96.4 Å². The molecule has 7 heteroatoms. The summed E-state index contributed by atoms with van der Waals surface area (Å²) < 4.78 is 4.99. The van der Waals surface area contributed by atoms with Crippen LogP contribution in [0.5, 0.6) is 0 Å². The average molecular weight is 234 g/mol. The maximum atomic E-state index is 10.7. The molecule has 1 heterocycles. The van der Waals surface area contributed by atoms with Crippen LogP contribution in [-0.2, 0) is 6.42 Å². The Bertz CT molecular complexity index is 564. The van der Waals surface area contributed by atoms with E-state index >= 15 is 0 Å². The van der Waals surface area contributed by atoms with Gasteiger partial charge >= 0.3 is 0 Å². The summed E-state index contributed by atoms with van der Waals surface area (Å²) in [6.07, 6.45) is 0.623. The van der Waals surface area contributed by atoms with E-state index in [1.165, 1.54) is 18.2 Å². The Morgan fingerprint density at radius 2 is 2.29 bits per heavy atom. The number of nitrogens with zero attached hydrogens (tertiary/aromatic N) is 3. The summed E-state index contributed by atoms with van der Waals surface area (Å²) in [5.74, 6) is 0.731. The molecule has 0 unspecified atom stereocenters. The molecule has 88 valence electrons. The fourth-order valence-electron chi connectivity index (χ4n) is 1.35. The van der Waals surface area contributed by atoms with E-state index in [2.05, 4.69) is 10.1 Å². The van der Waals surface area contributed by atoms with Gasteiger partial charge in [0.2, 0.25) is 0 Å². The molecule has 0 fully saturated rings. The molecule has 0 bridgehead atoms. The first-order chi connectivity index (χ1) is 8.11. The van der Waals surface area contributed by atoms with Crippen molar-refractivity contribution in [1.29, 1.82) is 0 Å². The number of anilines is 1. The standard InChI is InChI=1S/C10H10N4O3/c1-2-9-12-10(17-13-9)7-5-6(14(15)16)3-4-8(7)11/h3-5H,2,11H2,1H3. The summed E-state index contributed by atoms with van der Waals surface area (Å²) in [6, 6.07) is 4.10. The lowest BCUT2D eigenvalue weighted by Gasteiger charge is -1.99. The molecule has 2 aromatic rings. The fraction of sp³-hybridized carbons (Fsp3) is 0.200. The normalized spacial score (nSPS) is 10.4. The summed E-state index contributed by atoms with van der Waals surface area (Å²) in [6.45, 7) is 1.88. The second kappa shape index (κ2) is 4.20. The van der Waals surface area contributed by atoms with Crippen LogP contribution in [0.2, 0.25) is 0 Å². The molecule has 0 aliphatic rings. The van der Waals surface area contributed by atoms with Crippen molar-refractivity contribution in [3.8, 4) is 11.5 Å². The summed E-state index contributed by atoms with van der Waals surface area (Å²) >= 11 is 0. The number of hydrogen-bond donors (Lipinski definition) is 1. The zero-order chi connectivity index (χ0) is 12.4. The number of non-ortho nitro benzene ring substituents is 1. The monoisotopic (exact) mass is 234 g/mol. The van der Waals surface area contributed by atoms with Gasteiger partial charge in [0.15, 0.2) is 5.82 Å². The molecule has 0 spiro atoms. The average Bonchev–Trinajstić information content (AvgIpc) is 2.77. The number of benzene rings is 1. The minimum absolute atomic E-state index is 0.0644. The molecular weight excluding hydrogens is 224 g/mol. The number of nitrogens with two attached hydrogens (primary N) is 1. The third kappa shape index (κ3) is 2.07. The van der Waals surface area contributed by atoms with Gasteiger partial charge < -0.3 is 10.3 Å². The van der Waals surface area contributed by atoms with E-state index < -0.39 is 4.92 Å². The number of aryl methyl sites for hydroxylation is 1. The molecule has 0 aliphatic carbocycles. The van der Waals surface area contributed by atoms with Crippen molar-refractivity contribution in [2.24, 2.45) is 0 Å². The smallest absolute Gasteiger partial charge is 0.270 e. The zero-order valence-electron chi connectivity index (χ0n) is 9.08. The van der Waals surface area contributed by atoms with Gasteiger partial charge in [-0.3, -0.25) is 10.1 Å². The quantitative estimate of drug-likeness (QED) is 0.492. The number of nitro benzene ring substituents is 1. The fourth-order valence-corrected chi connectivity index (χ4v) is 1.35. The number of rotatable bonds is 3. The first kappa shape index (κ1) is 11.1. The molecular formula is C10H10N4O3. The first-order valence-electron chi connectivity index (χ1n) is 4.98. The number of aromatic nitrogens is 2. The van der Waals surface area contributed by atoms with Gasteiger partial charge in [-0.2, -0.15) is 4.98 Å². The van der Waals surface area contributed by atoms with Crippen LogP contribution in [0.1, 0.15) is 12.7 Å². The highest BCUT2D eigenvalue weighted by molar-refractivity contribution is 5.73. The molecule has 2 rings (SSSR count). The summed E-state index contributed by atoms with van der Waals surface area (Å²) in [4.78, 5) is 14.2. The molecule has 0 saturated heterocycles. The van der Waals surface area contributed by atoms with E-state index in [-0.39, 0.29) is 11.6 Å². The highest BCUT2D eigenvalue weighted by Crippen LogP contribution is 2.28. The maximum Gasteiger partial charge on any atom is 0.270 e. The van der Waals surface area contributed by atoms with Crippen LogP contribution in [0.4, 0.5) is 11.4 Å². The third-order valence-electron chi connectivity index (χ3n) is 2.26. The van der Waals surface area contributed by atoms with E-state index in [1.54, 1.807) is 0 Å². The molecule has 17 heavy (non-hydrogen) atoms. The number of nitro groups is 1. The topological polar surface area (TPSA) is 108 Å². The van der Waals surface area contributed by atoms with Crippen molar-refractivity contribution in [2.45, 2.75) is 13.3 Å². The van der Waals surface area contributed by atoms with Crippen molar-refractivity contribution in [3.63, 3.8) is 0 Å². The highest BCUT2D eigenvalue weighted by Gasteiger charge is 2.15. The second-order valence-electron chi connectivity index (χ2n) is 3.40. The van der Waals surface area contributed by atoms with Gasteiger partial charge in [-0.25, -0.2) is 0 Å². The first-order valence-corrected chi connectivity index (χ1v) is 4.98. The Balaban J connectivity index is 2.49. The van der Waals surface area contributed by atoms with Crippen molar-refractivity contribution >= 4 is 11.4 Å². The largest absolute Gasteiger partial charge is 0.398 e. The molecule has 2 N–H and O–H groups in total. The molecule has 0 atom stereocenters. The van der Waals surface area contributed by atoms with Crippen LogP contribution < -0.4 is 5.73 Å². The van der Waals surface area contributed by atoms with E-state index in [9.17, 15) is 10.1 Å². The van der Waals surface area contributed by atoms with Crippen molar-refractivity contribution in [1.82, 2.24) is 10.1 Å². The van der Waals surface area contributed by atoms with Crippen LogP contribution in [0.15, 0.2) is 22.7 Å². The molecule has 0 radical (unpaired) electrons. The minimum atomic E-state index is -0.500. The van der Waals surface area contributed by atoms with Gasteiger partial charge in [-0.05, 0) is 6.07 Å². The second-order valence-corrected chi connectivity index (χ2v) is 3.40. The van der Waals surface area contributed by atoms with Crippen LogP contribution in [0.25, 0.3) is 11.5 Å². The predicted molar refractivity (Wildman–Crippen MR) is 60.2 cm³/mol. The lowest BCUT2D eigenvalue weighted by atomic mass is 10.1. The van der Waals surface area contributed by atoms with Gasteiger partial charge in [-0.1, -0.05) is 12.1 Å². The van der Waals surface area contributed by atoms with Crippen molar-refractivity contribution < 1.29 is 9.45 Å². The SMILES string of the molecule is CCc1noc(-c2cc([N+](=O)[O-])ccc2N)n1. The van der Waals surface area contributed by atoms with Crippen molar-refractivity contribution in [2.75, 3.05) is 5.73 Å². The number of nitrogen functional groups attached to an aromatic ring is 1. The van der Waals surface area contributed by atoms with Gasteiger partial charge in [0.05, 0.1) is 10.5 Å². The van der Waals surface area contributed by atoms with Gasteiger partial charge in [0.1, 0.15) is 0 Å². The third-order valence-corrected chi connectivity index (χ3v) is 2.26. The summed E-state index contributed by atoms with van der Waals surface area (Å²) in [7, 11) is 0. The van der Waals surface area contributed by atoms with Crippen LogP contribution >= 0.6 is 0 Å². The zero-order valence-corrected chi connectivity index (χ0v) is 9.08. The minimum Gasteiger partial charge on any atom is -0.398 e. The Morgan fingerprint density at radius 1 is 1.53 bits per heavy atom. The molecule has 1 aromatic heterocycles. The molecule has 7 nitrogen and oxygen atoms in total. The lowest BCUT2D eigenvalue weighted by molar-refractivity contribution is -0.384. The molecule has 0 saturated carbocycles. The van der Waals surface area contributed by atoms with Gasteiger partial charge in [0.25, 0.3) is 11.6 Å². The van der Waals surface area contributed by atoms with E-state index in [0.29, 0.717) is 23.5 Å². The molecule has 1 aromatic carbocycles. The molecule has 0 aliphatic heterocycles. The van der Waals surface area contributed by atoms with E-state index in [4.69, 9.17) is 10.3 Å². The van der Waals surface area contributed by atoms with Crippen LogP contribution in [-0.4, -0.2) is 15.1 Å².